The van der Waals surface area contributed by atoms with Crippen molar-refractivity contribution >= 4 is 5.71 Å². The second kappa shape index (κ2) is 6.21. The van der Waals surface area contributed by atoms with E-state index in [4.69, 9.17) is 6.42 Å². The molecule has 0 radical (unpaired) electrons. The summed E-state index contributed by atoms with van der Waals surface area (Å²) in [5, 5.41) is 0. The normalized spacial score (nSPS) is 11.0. The Balaban J connectivity index is 3.49. The molecule has 0 bridgehead atoms. The van der Waals surface area contributed by atoms with Gasteiger partial charge in [-0.1, -0.05) is 36.6 Å². The molecule has 0 atom stereocenters. The molecule has 1 rings (SSSR count). The number of terminal acetylenes is 1. The van der Waals surface area contributed by atoms with E-state index in [-0.39, 0.29) is 0 Å². The van der Waals surface area contributed by atoms with Crippen molar-refractivity contribution in [2.45, 2.75) is 41.0 Å². The molecule has 94 valence electrons. The summed E-state index contributed by atoms with van der Waals surface area (Å²) in [4.78, 5) is 4.28. The zero-order chi connectivity index (χ0) is 13.7. The first-order chi connectivity index (χ1) is 8.51. The molecular weight excluding hydrogens is 218 g/mol. The SMILES string of the molecule is C#CN=C(C(CC)=C(C)C)c1cc(C)ccc1C. The molecule has 0 aromatic heterocycles. The average Bonchev–Trinajstić information content (AvgIpc) is 2.32. The van der Waals surface area contributed by atoms with E-state index in [9.17, 15) is 0 Å². The van der Waals surface area contributed by atoms with Gasteiger partial charge < -0.3 is 0 Å². The molecule has 0 unspecified atom stereocenters. The number of nitrogens with zero attached hydrogens (tertiary/aromatic N) is 1. The molecule has 0 heterocycles. The number of hydrogen-bond acceptors (Lipinski definition) is 1. The first-order valence-corrected chi connectivity index (χ1v) is 6.28. The van der Waals surface area contributed by atoms with Gasteiger partial charge in [0.05, 0.1) is 5.71 Å². The van der Waals surface area contributed by atoms with Crippen molar-refractivity contribution in [1.82, 2.24) is 0 Å². The van der Waals surface area contributed by atoms with Crippen molar-refractivity contribution < 1.29 is 0 Å². The highest BCUT2D eigenvalue weighted by molar-refractivity contribution is 6.14. The minimum Gasteiger partial charge on any atom is -0.197 e. The van der Waals surface area contributed by atoms with E-state index in [1.54, 1.807) is 0 Å². The molecule has 0 aliphatic heterocycles. The fourth-order valence-electron chi connectivity index (χ4n) is 2.10. The van der Waals surface area contributed by atoms with E-state index >= 15 is 0 Å². The average molecular weight is 239 g/mol. The predicted octanol–water partition coefficient (Wildman–Crippen LogP) is 4.43. The molecule has 0 saturated heterocycles. The van der Waals surface area contributed by atoms with Gasteiger partial charge in [0.2, 0.25) is 0 Å². The maximum atomic E-state index is 5.39. The summed E-state index contributed by atoms with van der Waals surface area (Å²) in [7, 11) is 0. The molecule has 0 aliphatic rings. The van der Waals surface area contributed by atoms with Gasteiger partial charge in [-0.3, -0.25) is 0 Å². The molecular formula is C17H21N. The fraction of sp³-hybridized carbons (Fsp3) is 0.353. The minimum absolute atomic E-state index is 0.941. The highest BCUT2D eigenvalue weighted by Crippen LogP contribution is 2.20. The molecule has 0 amide bonds. The quantitative estimate of drug-likeness (QED) is 0.546. The van der Waals surface area contributed by atoms with Crippen LogP contribution in [0.1, 0.15) is 43.9 Å². The van der Waals surface area contributed by atoms with Crippen molar-refractivity contribution in [3.05, 3.63) is 46.0 Å². The minimum atomic E-state index is 0.941. The van der Waals surface area contributed by atoms with Gasteiger partial charge in [0, 0.05) is 11.6 Å². The van der Waals surface area contributed by atoms with Gasteiger partial charge in [-0.15, -0.1) is 0 Å². The smallest absolute Gasteiger partial charge is 0.0843 e. The molecule has 1 nitrogen and oxygen atoms in total. The van der Waals surface area contributed by atoms with Crippen molar-refractivity contribution in [2.24, 2.45) is 4.99 Å². The van der Waals surface area contributed by atoms with Gasteiger partial charge in [0.15, 0.2) is 0 Å². The molecule has 0 N–H and O–H groups in total. The van der Waals surface area contributed by atoms with E-state index < -0.39 is 0 Å². The third kappa shape index (κ3) is 3.11. The van der Waals surface area contributed by atoms with Gasteiger partial charge in [0.25, 0.3) is 0 Å². The van der Waals surface area contributed by atoms with E-state index in [0.717, 1.165) is 17.7 Å². The third-order valence-electron chi connectivity index (χ3n) is 3.07. The number of allylic oxidation sites excluding steroid dienone is 2. The van der Waals surface area contributed by atoms with Crippen LogP contribution in [0.15, 0.2) is 34.3 Å². The summed E-state index contributed by atoms with van der Waals surface area (Å²) in [5.74, 6) is 0. The molecule has 18 heavy (non-hydrogen) atoms. The van der Waals surface area contributed by atoms with Crippen molar-refractivity contribution in [2.75, 3.05) is 0 Å². The number of benzene rings is 1. The summed E-state index contributed by atoms with van der Waals surface area (Å²) in [5.41, 5.74) is 7.03. The maximum absolute atomic E-state index is 5.39. The number of aliphatic imine (C=N–C) groups is 1. The summed E-state index contributed by atoms with van der Waals surface area (Å²) < 4.78 is 0. The Morgan fingerprint density at radius 1 is 1.28 bits per heavy atom. The Morgan fingerprint density at radius 3 is 2.44 bits per heavy atom. The molecule has 0 saturated carbocycles. The molecule has 0 spiro atoms. The van der Waals surface area contributed by atoms with Crippen LogP contribution in [0.3, 0.4) is 0 Å². The Morgan fingerprint density at radius 2 is 1.94 bits per heavy atom. The lowest BCUT2D eigenvalue weighted by molar-refractivity contribution is 1.12. The topological polar surface area (TPSA) is 12.4 Å². The van der Waals surface area contributed by atoms with Crippen LogP contribution in [-0.4, -0.2) is 5.71 Å². The first kappa shape index (κ1) is 14.3. The van der Waals surface area contributed by atoms with Crippen LogP contribution in [0.2, 0.25) is 0 Å². The van der Waals surface area contributed by atoms with Crippen molar-refractivity contribution in [3.63, 3.8) is 0 Å². The van der Waals surface area contributed by atoms with Crippen LogP contribution < -0.4 is 0 Å². The number of hydrogen-bond donors (Lipinski definition) is 0. The van der Waals surface area contributed by atoms with Crippen LogP contribution in [0.25, 0.3) is 0 Å². The van der Waals surface area contributed by atoms with Gasteiger partial charge in [-0.2, -0.15) is 4.99 Å². The molecule has 1 heteroatoms. The Bertz CT molecular complexity index is 535. The predicted molar refractivity (Wildman–Crippen MR) is 80.0 cm³/mol. The summed E-state index contributed by atoms with van der Waals surface area (Å²) in [6, 6.07) is 8.82. The van der Waals surface area contributed by atoms with Gasteiger partial charge >= 0.3 is 0 Å². The highest BCUT2D eigenvalue weighted by atomic mass is 14.7. The van der Waals surface area contributed by atoms with Crippen LogP contribution in [-0.2, 0) is 0 Å². The lowest BCUT2D eigenvalue weighted by Crippen LogP contribution is -2.08. The lowest BCUT2D eigenvalue weighted by Gasteiger charge is -2.14. The second-order valence-corrected chi connectivity index (χ2v) is 4.74. The standard InChI is InChI=1S/C17H21N/c1-7-15(12(3)4)17(18-8-2)16-11-13(5)9-10-14(16)6/h2,9-11H,7H2,1,3-6H3. The van der Waals surface area contributed by atoms with Gasteiger partial charge in [0.1, 0.15) is 0 Å². The fourth-order valence-corrected chi connectivity index (χ4v) is 2.10. The van der Waals surface area contributed by atoms with Gasteiger partial charge in [-0.25, -0.2) is 0 Å². The third-order valence-corrected chi connectivity index (χ3v) is 3.07. The van der Waals surface area contributed by atoms with E-state index in [2.05, 4.69) is 63.9 Å². The Kier molecular flexibility index (Phi) is 4.92. The molecule has 0 fully saturated rings. The summed E-state index contributed by atoms with van der Waals surface area (Å²) >= 11 is 0. The van der Waals surface area contributed by atoms with E-state index in [1.165, 1.54) is 22.3 Å². The zero-order valence-electron chi connectivity index (χ0n) is 12.0. The van der Waals surface area contributed by atoms with Crippen LogP contribution in [0.4, 0.5) is 0 Å². The van der Waals surface area contributed by atoms with E-state index in [0.29, 0.717) is 0 Å². The van der Waals surface area contributed by atoms with Crippen molar-refractivity contribution in [3.8, 4) is 12.5 Å². The number of aryl methyl sites for hydroxylation is 2. The van der Waals surface area contributed by atoms with Gasteiger partial charge in [-0.05, 0) is 51.3 Å². The number of rotatable bonds is 3. The van der Waals surface area contributed by atoms with Crippen LogP contribution in [0.5, 0.6) is 0 Å². The van der Waals surface area contributed by atoms with Crippen molar-refractivity contribution in [1.29, 1.82) is 0 Å². The molecule has 1 aromatic rings. The van der Waals surface area contributed by atoms with Crippen LogP contribution in [0, 0.1) is 26.3 Å². The maximum Gasteiger partial charge on any atom is 0.0843 e. The van der Waals surface area contributed by atoms with E-state index in [1.807, 2.05) is 0 Å². The Labute approximate surface area is 111 Å². The molecule has 0 aliphatic carbocycles. The summed E-state index contributed by atoms with van der Waals surface area (Å²) in [6.45, 7) is 10.5. The molecule has 1 aromatic carbocycles. The highest BCUT2D eigenvalue weighted by Gasteiger charge is 2.12. The Hall–Kier alpha value is -1.81. The zero-order valence-corrected chi connectivity index (χ0v) is 12.0. The lowest BCUT2D eigenvalue weighted by atomic mass is 9.93. The van der Waals surface area contributed by atoms with Crippen LogP contribution >= 0.6 is 0 Å². The second-order valence-electron chi connectivity index (χ2n) is 4.74. The summed E-state index contributed by atoms with van der Waals surface area (Å²) in [6.07, 6.45) is 6.33. The first-order valence-electron chi connectivity index (χ1n) is 6.28. The monoisotopic (exact) mass is 239 g/mol. The largest absolute Gasteiger partial charge is 0.197 e.